The third-order valence-electron chi connectivity index (χ3n) is 7.91. The van der Waals surface area contributed by atoms with Gasteiger partial charge in [-0.2, -0.15) is 0 Å². The van der Waals surface area contributed by atoms with Crippen LogP contribution in [0.2, 0.25) is 5.02 Å². The molecule has 2 atom stereocenters. The van der Waals surface area contributed by atoms with Gasteiger partial charge in [-0.05, 0) is 87.6 Å². The lowest BCUT2D eigenvalue weighted by atomic mass is 9.86. The largest absolute Gasteiger partial charge is 0.483 e. The SMILES string of the molecule is CC1=C(C2CCOCC2)OC(Sc2ccc(Cl)cc2)C(c2ccc(N3CCN(C(C)C)CC3)cc2)C1. The summed E-state index contributed by atoms with van der Waals surface area (Å²) in [5.41, 5.74) is 4.12. The fourth-order valence-corrected chi connectivity index (χ4v) is 6.95. The molecule has 5 rings (SSSR count). The van der Waals surface area contributed by atoms with Gasteiger partial charge in [0.1, 0.15) is 0 Å². The van der Waals surface area contributed by atoms with Gasteiger partial charge in [-0.1, -0.05) is 35.5 Å². The predicted octanol–water partition coefficient (Wildman–Crippen LogP) is 7.19. The van der Waals surface area contributed by atoms with Crippen molar-refractivity contribution in [1.29, 1.82) is 0 Å². The number of ether oxygens (including phenoxy) is 2. The minimum absolute atomic E-state index is 0.0353. The topological polar surface area (TPSA) is 24.9 Å². The minimum atomic E-state index is 0.0353. The van der Waals surface area contributed by atoms with E-state index in [1.54, 1.807) is 0 Å². The molecule has 4 nitrogen and oxygen atoms in total. The van der Waals surface area contributed by atoms with Gasteiger partial charge in [0, 0.05) is 72.9 Å². The van der Waals surface area contributed by atoms with Crippen LogP contribution in [0.15, 0.2) is 64.8 Å². The number of anilines is 1. The lowest BCUT2D eigenvalue weighted by Gasteiger charge is -2.39. The van der Waals surface area contributed by atoms with Gasteiger partial charge in [0.25, 0.3) is 0 Å². The molecule has 36 heavy (non-hydrogen) atoms. The summed E-state index contributed by atoms with van der Waals surface area (Å²) in [6.07, 6.45) is 3.13. The van der Waals surface area contributed by atoms with E-state index in [-0.39, 0.29) is 5.44 Å². The molecule has 0 radical (unpaired) electrons. The van der Waals surface area contributed by atoms with E-state index in [1.165, 1.54) is 27.5 Å². The molecule has 0 aliphatic carbocycles. The molecule has 0 bridgehead atoms. The van der Waals surface area contributed by atoms with Crippen molar-refractivity contribution in [1.82, 2.24) is 4.90 Å². The van der Waals surface area contributed by atoms with E-state index in [4.69, 9.17) is 21.1 Å². The molecule has 2 unspecified atom stereocenters. The number of piperazine rings is 1. The zero-order valence-corrected chi connectivity index (χ0v) is 23.4. The number of hydrogen-bond acceptors (Lipinski definition) is 5. The smallest absolute Gasteiger partial charge is 0.155 e. The lowest BCUT2D eigenvalue weighted by Crippen LogP contribution is -2.48. The van der Waals surface area contributed by atoms with Gasteiger partial charge in [-0.3, -0.25) is 4.90 Å². The van der Waals surface area contributed by atoms with Crippen LogP contribution in [0, 0.1) is 5.92 Å². The molecular weight excluding hydrogens is 488 g/mol. The van der Waals surface area contributed by atoms with Crippen molar-refractivity contribution in [3.63, 3.8) is 0 Å². The highest BCUT2D eigenvalue weighted by Gasteiger charge is 2.35. The van der Waals surface area contributed by atoms with Crippen molar-refractivity contribution in [2.45, 2.75) is 62.3 Å². The highest BCUT2D eigenvalue weighted by Crippen LogP contribution is 2.46. The van der Waals surface area contributed by atoms with Gasteiger partial charge in [0.2, 0.25) is 0 Å². The van der Waals surface area contributed by atoms with E-state index >= 15 is 0 Å². The number of halogens is 1. The molecule has 3 heterocycles. The van der Waals surface area contributed by atoms with Crippen molar-refractivity contribution in [3.05, 3.63) is 70.4 Å². The second kappa shape index (κ2) is 11.8. The monoisotopic (exact) mass is 526 g/mol. The van der Waals surface area contributed by atoms with E-state index in [9.17, 15) is 0 Å². The number of thioether (sulfide) groups is 1. The molecule has 6 heteroatoms. The summed E-state index contributed by atoms with van der Waals surface area (Å²) in [6.45, 7) is 13.0. The van der Waals surface area contributed by atoms with E-state index in [0.29, 0.717) is 17.9 Å². The molecule has 0 aromatic heterocycles. The number of benzene rings is 2. The van der Waals surface area contributed by atoms with Gasteiger partial charge >= 0.3 is 0 Å². The van der Waals surface area contributed by atoms with Crippen LogP contribution >= 0.6 is 23.4 Å². The first kappa shape index (κ1) is 26.0. The van der Waals surface area contributed by atoms with Crippen LogP contribution in [-0.2, 0) is 9.47 Å². The molecule has 3 aliphatic heterocycles. The Labute approximate surface area is 226 Å². The summed E-state index contributed by atoms with van der Waals surface area (Å²) in [7, 11) is 0. The van der Waals surface area contributed by atoms with Gasteiger partial charge in [0.05, 0.1) is 5.76 Å². The fraction of sp³-hybridized carbons (Fsp3) is 0.533. The molecule has 0 N–H and O–H groups in total. The van der Waals surface area contributed by atoms with Crippen molar-refractivity contribution in [2.24, 2.45) is 5.92 Å². The van der Waals surface area contributed by atoms with Gasteiger partial charge in [-0.15, -0.1) is 0 Å². The van der Waals surface area contributed by atoms with Gasteiger partial charge < -0.3 is 14.4 Å². The Morgan fingerprint density at radius 1 is 0.917 bits per heavy atom. The second-order valence-corrected chi connectivity index (χ2v) is 12.2. The van der Waals surface area contributed by atoms with E-state index in [0.717, 1.165) is 63.7 Å². The zero-order chi connectivity index (χ0) is 25.1. The van der Waals surface area contributed by atoms with Crippen LogP contribution in [0.3, 0.4) is 0 Å². The molecule has 0 amide bonds. The van der Waals surface area contributed by atoms with Crippen LogP contribution in [0.5, 0.6) is 0 Å². The predicted molar refractivity (Wildman–Crippen MR) is 151 cm³/mol. The zero-order valence-electron chi connectivity index (χ0n) is 21.8. The third-order valence-corrected chi connectivity index (χ3v) is 9.36. The van der Waals surface area contributed by atoms with Crippen molar-refractivity contribution < 1.29 is 9.47 Å². The maximum Gasteiger partial charge on any atom is 0.155 e. The molecular formula is C30H39ClN2O2S. The van der Waals surface area contributed by atoms with Crippen LogP contribution < -0.4 is 4.90 Å². The molecule has 2 aromatic rings. The average Bonchev–Trinajstić information content (AvgIpc) is 2.91. The summed E-state index contributed by atoms with van der Waals surface area (Å²) in [5.74, 6) is 1.99. The molecule has 2 fully saturated rings. The Morgan fingerprint density at radius 2 is 1.58 bits per heavy atom. The normalized spacial score (nSPS) is 24.3. The molecule has 194 valence electrons. The van der Waals surface area contributed by atoms with E-state index < -0.39 is 0 Å². The van der Waals surface area contributed by atoms with Crippen LogP contribution in [0.1, 0.15) is 51.5 Å². The summed E-state index contributed by atoms with van der Waals surface area (Å²) in [5, 5.41) is 0.768. The quantitative estimate of drug-likeness (QED) is 0.396. The Balaban J connectivity index is 1.35. The summed E-state index contributed by atoms with van der Waals surface area (Å²) >= 11 is 7.98. The molecule has 3 aliphatic rings. The van der Waals surface area contributed by atoms with Crippen molar-refractivity contribution in [2.75, 3.05) is 44.3 Å². The Hall–Kier alpha value is -1.66. The number of nitrogens with zero attached hydrogens (tertiary/aromatic N) is 2. The van der Waals surface area contributed by atoms with Crippen LogP contribution in [0.25, 0.3) is 0 Å². The second-order valence-electron chi connectivity index (χ2n) is 10.6. The minimum Gasteiger partial charge on any atom is -0.483 e. The molecule has 0 spiro atoms. The Bertz CT molecular complexity index is 1030. The number of rotatable bonds is 6. The standard InChI is InChI=1S/C30H39ClN2O2S/c1-21(2)32-14-16-33(17-15-32)26-8-4-23(5-9-26)28-20-22(3)29(24-12-18-34-19-13-24)35-30(28)36-27-10-6-25(31)7-11-27/h4-11,21,24,28,30H,12-20H2,1-3H3. The summed E-state index contributed by atoms with van der Waals surface area (Å²) in [4.78, 5) is 6.28. The maximum absolute atomic E-state index is 6.86. The van der Waals surface area contributed by atoms with E-state index in [1.807, 2.05) is 23.9 Å². The number of allylic oxidation sites excluding steroid dienone is 2. The third kappa shape index (κ3) is 6.07. The van der Waals surface area contributed by atoms with Crippen molar-refractivity contribution in [3.8, 4) is 0 Å². The van der Waals surface area contributed by atoms with E-state index in [2.05, 4.69) is 67.0 Å². The van der Waals surface area contributed by atoms with Crippen molar-refractivity contribution >= 4 is 29.1 Å². The van der Waals surface area contributed by atoms with Gasteiger partial charge in [0.15, 0.2) is 5.44 Å². The Kier molecular flexibility index (Phi) is 8.52. The van der Waals surface area contributed by atoms with Crippen LogP contribution in [0.4, 0.5) is 5.69 Å². The molecule has 0 saturated carbocycles. The first-order valence-corrected chi connectivity index (χ1v) is 14.7. The first-order chi connectivity index (χ1) is 17.5. The van der Waals surface area contributed by atoms with Gasteiger partial charge in [-0.25, -0.2) is 0 Å². The number of hydrogen-bond donors (Lipinski definition) is 0. The van der Waals surface area contributed by atoms with Crippen LogP contribution in [-0.4, -0.2) is 55.8 Å². The maximum atomic E-state index is 6.86. The molecule has 2 saturated heterocycles. The first-order valence-electron chi connectivity index (χ1n) is 13.4. The summed E-state index contributed by atoms with van der Waals surface area (Å²) < 4.78 is 12.5. The lowest BCUT2D eigenvalue weighted by molar-refractivity contribution is 0.0388. The summed E-state index contributed by atoms with van der Waals surface area (Å²) in [6, 6.07) is 18.1. The average molecular weight is 527 g/mol. The highest BCUT2D eigenvalue weighted by atomic mass is 35.5. The fourth-order valence-electron chi connectivity index (χ4n) is 5.70. The highest BCUT2D eigenvalue weighted by molar-refractivity contribution is 7.99. The Morgan fingerprint density at radius 3 is 2.22 bits per heavy atom. The molecule has 2 aromatic carbocycles.